The summed E-state index contributed by atoms with van der Waals surface area (Å²) >= 11 is 0. The van der Waals surface area contributed by atoms with Gasteiger partial charge in [-0.3, -0.25) is 9.52 Å². The number of primary amides is 1. The molecule has 1 saturated carbocycles. The highest BCUT2D eigenvalue weighted by atomic mass is 32.2. The van der Waals surface area contributed by atoms with Gasteiger partial charge in [-0.2, -0.15) is 0 Å². The molecule has 1 aliphatic carbocycles. The number of hydrogen-bond donors (Lipinski definition) is 2. The van der Waals surface area contributed by atoms with Crippen LogP contribution in [0.2, 0.25) is 0 Å². The summed E-state index contributed by atoms with van der Waals surface area (Å²) < 4.78 is 41.7. The predicted octanol–water partition coefficient (Wildman–Crippen LogP) is 4.08. The number of hydrogen-bond acceptors (Lipinski definition) is 3. The second kappa shape index (κ2) is 7.68. The van der Waals surface area contributed by atoms with E-state index in [-0.39, 0.29) is 21.7 Å². The van der Waals surface area contributed by atoms with E-state index < -0.39 is 21.7 Å². The van der Waals surface area contributed by atoms with Crippen LogP contribution in [0.1, 0.15) is 59.5 Å². The van der Waals surface area contributed by atoms with Gasteiger partial charge in [0.05, 0.1) is 10.6 Å². The molecule has 144 valence electrons. The minimum absolute atomic E-state index is 0.000145. The molecule has 2 aromatic carbocycles. The number of anilines is 1. The molecular weight excluding hydrogens is 367 g/mol. The van der Waals surface area contributed by atoms with Gasteiger partial charge in [-0.05, 0) is 55.5 Å². The molecule has 0 aliphatic heterocycles. The van der Waals surface area contributed by atoms with Gasteiger partial charge in [0.1, 0.15) is 5.82 Å². The van der Waals surface area contributed by atoms with Crippen molar-refractivity contribution in [2.75, 3.05) is 4.72 Å². The highest BCUT2D eigenvalue weighted by Gasteiger charge is 2.20. The fraction of sp³-hybridized carbons (Fsp3) is 0.350. The predicted molar refractivity (Wildman–Crippen MR) is 103 cm³/mol. The molecule has 0 bridgehead atoms. The molecule has 3 N–H and O–H groups in total. The monoisotopic (exact) mass is 390 g/mol. The summed E-state index contributed by atoms with van der Waals surface area (Å²) in [6.07, 6.45) is 5.92. The Labute approximate surface area is 158 Å². The van der Waals surface area contributed by atoms with Crippen LogP contribution in [-0.4, -0.2) is 14.3 Å². The molecule has 0 radical (unpaired) electrons. The van der Waals surface area contributed by atoms with Gasteiger partial charge in [-0.1, -0.05) is 31.4 Å². The van der Waals surface area contributed by atoms with E-state index in [1.165, 1.54) is 32.3 Å². The zero-order valence-electron chi connectivity index (χ0n) is 15.2. The van der Waals surface area contributed by atoms with Crippen LogP contribution in [0, 0.1) is 12.7 Å². The molecule has 2 aromatic rings. The summed E-state index contributed by atoms with van der Waals surface area (Å²) in [6, 6.07) is 9.06. The molecule has 1 fully saturated rings. The Morgan fingerprint density at radius 1 is 1.11 bits per heavy atom. The van der Waals surface area contributed by atoms with Crippen LogP contribution in [0.25, 0.3) is 0 Å². The van der Waals surface area contributed by atoms with Crippen molar-refractivity contribution >= 4 is 21.6 Å². The van der Waals surface area contributed by atoms with Gasteiger partial charge in [0.2, 0.25) is 5.91 Å². The van der Waals surface area contributed by atoms with Crippen molar-refractivity contribution in [3.05, 3.63) is 58.9 Å². The Hall–Kier alpha value is -2.41. The molecule has 0 saturated heterocycles. The topological polar surface area (TPSA) is 89.3 Å². The number of sulfonamides is 1. The fourth-order valence-electron chi connectivity index (χ4n) is 3.49. The average molecular weight is 390 g/mol. The van der Waals surface area contributed by atoms with Crippen molar-refractivity contribution in [1.82, 2.24) is 0 Å². The van der Waals surface area contributed by atoms with Crippen molar-refractivity contribution in [3.63, 3.8) is 0 Å². The minimum atomic E-state index is -3.91. The number of benzene rings is 2. The van der Waals surface area contributed by atoms with Gasteiger partial charge in [0.25, 0.3) is 10.0 Å². The van der Waals surface area contributed by atoms with Crippen LogP contribution in [-0.2, 0) is 10.0 Å². The van der Waals surface area contributed by atoms with E-state index in [1.54, 1.807) is 12.1 Å². The van der Waals surface area contributed by atoms with Crippen molar-refractivity contribution in [2.45, 2.75) is 49.8 Å². The first kappa shape index (κ1) is 19.4. The highest BCUT2D eigenvalue weighted by Crippen LogP contribution is 2.33. The van der Waals surface area contributed by atoms with E-state index in [0.29, 0.717) is 5.92 Å². The summed E-state index contributed by atoms with van der Waals surface area (Å²) in [5.41, 5.74) is 6.33. The van der Waals surface area contributed by atoms with Gasteiger partial charge in [0, 0.05) is 11.1 Å². The number of nitrogens with two attached hydrogens (primary N) is 1. The molecule has 1 amide bonds. The van der Waals surface area contributed by atoms with E-state index in [4.69, 9.17) is 5.73 Å². The number of halogens is 1. The molecule has 0 atom stereocenters. The summed E-state index contributed by atoms with van der Waals surface area (Å²) in [7, 11) is -3.91. The first-order chi connectivity index (χ1) is 12.8. The number of rotatable bonds is 5. The lowest BCUT2D eigenvalue weighted by atomic mass is 9.84. The van der Waals surface area contributed by atoms with Crippen molar-refractivity contribution in [3.8, 4) is 0 Å². The van der Waals surface area contributed by atoms with Crippen molar-refractivity contribution in [1.29, 1.82) is 0 Å². The van der Waals surface area contributed by atoms with Crippen LogP contribution >= 0.6 is 0 Å². The van der Waals surface area contributed by atoms with Crippen LogP contribution in [0.3, 0.4) is 0 Å². The number of nitrogens with one attached hydrogen (secondary N) is 1. The molecule has 3 rings (SSSR count). The van der Waals surface area contributed by atoms with E-state index in [0.717, 1.165) is 24.5 Å². The Bertz CT molecular complexity index is 950. The van der Waals surface area contributed by atoms with Gasteiger partial charge in [-0.25, -0.2) is 12.8 Å². The largest absolute Gasteiger partial charge is 0.366 e. The van der Waals surface area contributed by atoms with Gasteiger partial charge < -0.3 is 5.73 Å². The summed E-state index contributed by atoms with van der Waals surface area (Å²) in [6.45, 7) is 1.43. The van der Waals surface area contributed by atoms with Gasteiger partial charge >= 0.3 is 0 Å². The number of amides is 1. The summed E-state index contributed by atoms with van der Waals surface area (Å²) in [4.78, 5) is 11.4. The third-order valence-corrected chi connectivity index (χ3v) is 6.52. The molecule has 0 spiro atoms. The Balaban J connectivity index is 1.85. The Morgan fingerprint density at radius 2 is 1.74 bits per heavy atom. The van der Waals surface area contributed by atoms with E-state index in [1.807, 2.05) is 12.1 Å². The second-order valence-electron chi connectivity index (χ2n) is 7.00. The molecule has 0 aromatic heterocycles. The van der Waals surface area contributed by atoms with Crippen LogP contribution in [0.4, 0.5) is 10.1 Å². The van der Waals surface area contributed by atoms with Crippen LogP contribution in [0.5, 0.6) is 0 Å². The maximum atomic E-state index is 14.0. The quantitative estimate of drug-likeness (QED) is 0.806. The van der Waals surface area contributed by atoms with E-state index >= 15 is 0 Å². The molecule has 27 heavy (non-hydrogen) atoms. The first-order valence-electron chi connectivity index (χ1n) is 9.00. The third kappa shape index (κ3) is 4.30. The normalized spacial score (nSPS) is 15.5. The van der Waals surface area contributed by atoms with Crippen molar-refractivity contribution in [2.24, 2.45) is 5.73 Å². The smallest absolute Gasteiger partial charge is 0.261 e. The standard InChI is InChI=1S/C20H23FN2O3S/c1-13-18(21)11-16(20(22)24)12-19(13)23-27(25,26)17-9-7-15(8-10-17)14-5-3-2-4-6-14/h7-12,14,23H,2-6H2,1H3,(H2,22,24). The number of carbonyl (C=O) groups is 1. The summed E-state index contributed by atoms with van der Waals surface area (Å²) in [5, 5.41) is 0. The van der Waals surface area contributed by atoms with E-state index in [9.17, 15) is 17.6 Å². The van der Waals surface area contributed by atoms with Gasteiger partial charge in [-0.15, -0.1) is 0 Å². The Morgan fingerprint density at radius 3 is 2.33 bits per heavy atom. The third-order valence-electron chi connectivity index (χ3n) is 5.14. The lowest BCUT2D eigenvalue weighted by molar-refractivity contribution is 0.1000. The molecule has 0 heterocycles. The maximum Gasteiger partial charge on any atom is 0.261 e. The molecule has 0 unspecified atom stereocenters. The van der Waals surface area contributed by atoms with Crippen LogP contribution < -0.4 is 10.5 Å². The fourth-order valence-corrected chi connectivity index (χ4v) is 4.60. The summed E-state index contributed by atoms with van der Waals surface area (Å²) in [5.74, 6) is -1.05. The highest BCUT2D eigenvalue weighted by molar-refractivity contribution is 7.92. The lowest BCUT2D eigenvalue weighted by Crippen LogP contribution is -2.17. The molecular formula is C20H23FN2O3S. The Kier molecular flexibility index (Phi) is 5.51. The number of carbonyl (C=O) groups excluding carboxylic acids is 1. The van der Waals surface area contributed by atoms with Gasteiger partial charge in [0.15, 0.2) is 0 Å². The average Bonchev–Trinajstić information content (AvgIpc) is 2.66. The molecule has 5 nitrogen and oxygen atoms in total. The second-order valence-corrected chi connectivity index (χ2v) is 8.69. The lowest BCUT2D eigenvalue weighted by Gasteiger charge is -2.22. The SMILES string of the molecule is Cc1c(F)cc(C(N)=O)cc1NS(=O)(=O)c1ccc(C2CCCCC2)cc1. The zero-order chi connectivity index (χ0) is 19.6. The zero-order valence-corrected chi connectivity index (χ0v) is 16.0. The minimum Gasteiger partial charge on any atom is -0.366 e. The first-order valence-corrected chi connectivity index (χ1v) is 10.5. The van der Waals surface area contributed by atoms with E-state index in [2.05, 4.69) is 4.72 Å². The molecule has 7 heteroatoms. The van der Waals surface area contributed by atoms with Crippen molar-refractivity contribution < 1.29 is 17.6 Å². The molecule has 1 aliphatic rings. The van der Waals surface area contributed by atoms with Crippen LogP contribution in [0.15, 0.2) is 41.3 Å². The maximum absolute atomic E-state index is 14.0.